The smallest absolute Gasteiger partial charge is 0.0101 e. The second kappa shape index (κ2) is 5.31. The number of likely N-dealkylation sites (tertiary alicyclic amines) is 1. The summed E-state index contributed by atoms with van der Waals surface area (Å²) in [7, 11) is 0. The van der Waals surface area contributed by atoms with Gasteiger partial charge in [0.2, 0.25) is 0 Å². The van der Waals surface area contributed by atoms with Gasteiger partial charge >= 0.3 is 0 Å². The van der Waals surface area contributed by atoms with E-state index in [1.165, 1.54) is 51.5 Å². The summed E-state index contributed by atoms with van der Waals surface area (Å²) in [5.74, 6) is 0.804. The summed E-state index contributed by atoms with van der Waals surface area (Å²) in [4.78, 5) is 2.77. The predicted molar refractivity (Wildman–Crippen MR) is 64.8 cm³/mol. The van der Waals surface area contributed by atoms with Gasteiger partial charge in [-0.3, -0.25) is 4.90 Å². The van der Waals surface area contributed by atoms with E-state index in [1.807, 2.05) is 0 Å². The van der Waals surface area contributed by atoms with Crippen molar-refractivity contribution in [2.75, 3.05) is 13.1 Å². The van der Waals surface area contributed by atoms with Crippen LogP contribution in [0.4, 0.5) is 0 Å². The third kappa shape index (κ3) is 2.73. The minimum absolute atomic E-state index is 0.804. The van der Waals surface area contributed by atoms with Crippen LogP contribution in [0.5, 0.6) is 0 Å². The van der Waals surface area contributed by atoms with Crippen molar-refractivity contribution in [2.45, 2.75) is 64.0 Å². The van der Waals surface area contributed by atoms with E-state index in [9.17, 15) is 0 Å². The Hall–Kier alpha value is -0.0800. The van der Waals surface area contributed by atoms with Crippen LogP contribution in [0.3, 0.4) is 0 Å². The average Bonchev–Trinajstić information content (AvgIpc) is 2.30. The number of piperidine rings is 1. The van der Waals surface area contributed by atoms with Crippen LogP contribution in [0, 0.1) is 5.92 Å². The van der Waals surface area contributed by atoms with E-state index < -0.39 is 0 Å². The molecule has 0 amide bonds. The van der Waals surface area contributed by atoms with Crippen LogP contribution in [0.1, 0.15) is 51.9 Å². The fourth-order valence-electron chi connectivity index (χ4n) is 3.44. The van der Waals surface area contributed by atoms with E-state index in [-0.39, 0.29) is 0 Å². The number of rotatable bonds is 2. The first kappa shape index (κ1) is 11.4. The van der Waals surface area contributed by atoms with E-state index >= 15 is 0 Å². The van der Waals surface area contributed by atoms with Crippen molar-refractivity contribution in [1.82, 2.24) is 4.90 Å². The summed E-state index contributed by atoms with van der Waals surface area (Å²) in [5.41, 5.74) is 5.81. The fourth-order valence-corrected chi connectivity index (χ4v) is 3.44. The van der Waals surface area contributed by atoms with Gasteiger partial charge in [0.25, 0.3) is 0 Å². The first-order chi connectivity index (χ1) is 7.31. The highest BCUT2D eigenvalue weighted by Crippen LogP contribution is 2.30. The monoisotopic (exact) mass is 210 g/mol. The molecule has 2 nitrogen and oxygen atoms in total. The zero-order valence-electron chi connectivity index (χ0n) is 10.1. The van der Waals surface area contributed by atoms with Crippen LogP contribution in [-0.2, 0) is 0 Å². The number of nitrogens with zero attached hydrogens (tertiary/aromatic N) is 1. The Bertz CT molecular complexity index is 193. The summed E-state index contributed by atoms with van der Waals surface area (Å²) in [6.45, 7) is 4.65. The third-order valence-electron chi connectivity index (χ3n) is 4.41. The van der Waals surface area contributed by atoms with Crippen LogP contribution in [0.2, 0.25) is 0 Å². The van der Waals surface area contributed by atoms with Gasteiger partial charge in [0.1, 0.15) is 0 Å². The first-order valence-corrected chi connectivity index (χ1v) is 6.77. The van der Waals surface area contributed by atoms with Crippen molar-refractivity contribution < 1.29 is 0 Å². The highest BCUT2D eigenvalue weighted by atomic mass is 15.2. The lowest BCUT2D eigenvalue weighted by Gasteiger charge is -2.43. The van der Waals surface area contributed by atoms with E-state index in [0.29, 0.717) is 0 Å². The van der Waals surface area contributed by atoms with Crippen molar-refractivity contribution in [3.8, 4) is 0 Å². The Balaban J connectivity index is 1.90. The van der Waals surface area contributed by atoms with Gasteiger partial charge in [0.15, 0.2) is 0 Å². The number of hydrogen-bond acceptors (Lipinski definition) is 2. The lowest BCUT2D eigenvalue weighted by molar-refractivity contribution is 0.0678. The highest BCUT2D eigenvalue weighted by Gasteiger charge is 2.29. The third-order valence-corrected chi connectivity index (χ3v) is 4.41. The Kier molecular flexibility index (Phi) is 4.04. The molecule has 1 heterocycles. The van der Waals surface area contributed by atoms with Crippen LogP contribution >= 0.6 is 0 Å². The summed E-state index contributed by atoms with van der Waals surface area (Å²) in [5, 5.41) is 0. The predicted octanol–water partition coefficient (Wildman–Crippen LogP) is 2.38. The molecule has 0 aromatic heterocycles. The second-order valence-electron chi connectivity index (χ2n) is 5.50. The second-order valence-corrected chi connectivity index (χ2v) is 5.50. The molecule has 1 saturated carbocycles. The van der Waals surface area contributed by atoms with Gasteiger partial charge in [0, 0.05) is 12.1 Å². The van der Waals surface area contributed by atoms with Gasteiger partial charge in [-0.1, -0.05) is 12.8 Å². The van der Waals surface area contributed by atoms with Gasteiger partial charge in [-0.25, -0.2) is 0 Å². The molecule has 0 aromatic rings. The maximum Gasteiger partial charge on any atom is 0.0101 e. The van der Waals surface area contributed by atoms with E-state index in [1.54, 1.807) is 0 Å². The van der Waals surface area contributed by atoms with Crippen LogP contribution < -0.4 is 5.73 Å². The summed E-state index contributed by atoms with van der Waals surface area (Å²) < 4.78 is 0. The Labute approximate surface area is 94.2 Å². The molecule has 2 N–H and O–H groups in total. The van der Waals surface area contributed by atoms with E-state index in [4.69, 9.17) is 5.73 Å². The van der Waals surface area contributed by atoms with Crippen LogP contribution in [0.15, 0.2) is 0 Å². The fraction of sp³-hybridized carbons (Fsp3) is 1.00. The number of hydrogen-bond donors (Lipinski definition) is 1. The van der Waals surface area contributed by atoms with Crippen molar-refractivity contribution in [1.29, 1.82) is 0 Å². The summed E-state index contributed by atoms with van der Waals surface area (Å²) in [6.07, 6.45) is 9.80. The minimum atomic E-state index is 0.804. The van der Waals surface area contributed by atoms with Crippen LogP contribution in [0.25, 0.3) is 0 Å². The van der Waals surface area contributed by atoms with E-state index in [2.05, 4.69) is 11.8 Å². The molecule has 0 aromatic carbocycles. The van der Waals surface area contributed by atoms with Gasteiger partial charge in [-0.05, 0) is 58.0 Å². The molecule has 0 spiro atoms. The molecule has 0 radical (unpaired) electrons. The van der Waals surface area contributed by atoms with Crippen LogP contribution in [-0.4, -0.2) is 30.1 Å². The lowest BCUT2D eigenvalue weighted by Crippen LogP contribution is -2.47. The van der Waals surface area contributed by atoms with Crippen molar-refractivity contribution >= 4 is 0 Å². The zero-order valence-corrected chi connectivity index (χ0v) is 10.1. The molecule has 3 atom stereocenters. The molecule has 1 aliphatic heterocycles. The first-order valence-electron chi connectivity index (χ1n) is 6.77. The molecule has 1 saturated heterocycles. The number of nitrogens with two attached hydrogens (primary N) is 1. The standard InChI is InChI=1S/C13H26N2/c1-11-5-2-3-8-15(11)13-7-4-6-12(9-13)10-14/h11-13H,2-10,14H2,1H3. The molecular formula is C13H26N2. The summed E-state index contributed by atoms with van der Waals surface area (Å²) in [6, 6.07) is 1.67. The van der Waals surface area contributed by atoms with Gasteiger partial charge < -0.3 is 5.73 Å². The average molecular weight is 210 g/mol. The minimum Gasteiger partial charge on any atom is -0.330 e. The molecule has 2 rings (SSSR count). The van der Waals surface area contributed by atoms with E-state index in [0.717, 1.165) is 24.5 Å². The molecular weight excluding hydrogens is 184 g/mol. The Morgan fingerprint density at radius 2 is 2.00 bits per heavy atom. The maximum absolute atomic E-state index is 5.81. The molecule has 88 valence electrons. The lowest BCUT2D eigenvalue weighted by atomic mass is 9.83. The topological polar surface area (TPSA) is 29.3 Å². The van der Waals surface area contributed by atoms with Crippen molar-refractivity contribution in [2.24, 2.45) is 11.7 Å². The Morgan fingerprint density at radius 3 is 2.73 bits per heavy atom. The quantitative estimate of drug-likeness (QED) is 0.758. The van der Waals surface area contributed by atoms with Gasteiger partial charge in [-0.2, -0.15) is 0 Å². The van der Waals surface area contributed by atoms with Gasteiger partial charge in [-0.15, -0.1) is 0 Å². The Morgan fingerprint density at radius 1 is 1.13 bits per heavy atom. The normalized spacial score (nSPS) is 39.2. The molecule has 2 fully saturated rings. The maximum atomic E-state index is 5.81. The molecule has 0 bridgehead atoms. The largest absolute Gasteiger partial charge is 0.330 e. The summed E-state index contributed by atoms with van der Waals surface area (Å²) >= 11 is 0. The van der Waals surface area contributed by atoms with Gasteiger partial charge in [0.05, 0.1) is 0 Å². The zero-order chi connectivity index (χ0) is 10.7. The van der Waals surface area contributed by atoms with Crippen molar-refractivity contribution in [3.05, 3.63) is 0 Å². The highest BCUT2D eigenvalue weighted by molar-refractivity contribution is 4.85. The van der Waals surface area contributed by atoms with Crippen molar-refractivity contribution in [3.63, 3.8) is 0 Å². The SMILES string of the molecule is CC1CCCCN1C1CCCC(CN)C1. The molecule has 2 heteroatoms. The molecule has 3 unspecified atom stereocenters. The molecule has 15 heavy (non-hydrogen) atoms. The molecule has 2 aliphatic rings. The molecule has 1 aliphatic carbocycles.